The topological polar surface area (TPSA) is 63.2 Å². The van der Waals surface area contributed by atoms with Gasteiger partial charge in [0.05, 0.1) is 16.4 Å². The first-order valence-electron chi connectivity index (χ1n) is 9.52. The van der Waals surface area contributed by atoms with Crippen LogP contribution >= 0.6 is 11.3 Å². The molecule has 4 nitrogen and oxygen atoms in total. The second-order valence-electron chi connectivity index (χ2n) is 7.39. The number of hydrogen-bond donors (Lipinski definition) is 1. The molecular formula is C21H27NO3S2. The first-order chi connectivity index (χ1) is 12.9. The number of benzene rings is 1. The van der Waals surface area contributed by atoms with E-state index in [0.29, 0.717) is 4.90 Å². The molecule has 0 spiro atoms. The molecule has 1 N–H and O–H groups in total. The highest BCUT2D eigenvalue weighted by Gasteiger charge is 2.41. The highest BCUT2D eigenvalue weighted by molar-refractivity contribution is 7.90. The van der Waals surface area contributed by atoms with Gasteiger partial charge in [0.15, 0.2) is 9.84 Å². The third-order valence-corrected chi connectivity index (χ3v) is 7.69. The fraction of sp³-hybridized carbons (Fsp3) is 0.476. The molecule has 1 saturated carbocycles. The Bertz CT molecular complexity index is 865. The molecule has 3 rings (SSSR count). The minimum Gasteiger partial charge on any atom is -0.348 e. The first kappa shape index (κ1) is 20.1. The molecule has 6 heteroatoms. The number of hydrogen-bond acceptors (Lipinski definition) is 4. The molecule has 0 saturated heterocycles. The Hall–Kier alpha value is -1.66. The fourth-order valence-electron chi connectivity index (χ4n) is 3.98. The van der Waals surface area contributed by atoms with Crippen LogP contribution in [0.15, 0.2) is 46.7 Å². The standard InChI is InChI=1S/C21H27NO3S2/c1-3-18(19-8-7-15-26-19)22-20(23)21(13-5-4-6-14-21)16-9-11-17(12-10-16)27(2,24)25/h7-12,15,18H,3-6,13-14H2,1-2H3,(H,22,23)/t18-/m0/s1. The van der Waals surface area contributed by atoms with Gasteiger partial charge in [-0.2, -0.15) is 0 Å². The zero-order valence-electron chi connectivity index (χ0n) is 15.9. The number of sulfone groups is 1. The molecule has 146 valence electrons. The molecule has 0 aliphatic heterocycles. The number of carbonyl (C=O) groups excluding carboxylic acids is 1. The van der Waals surface area contributed by atoms with Crippen molar-refractivity contribution in [3.63, 3.8) is 0 Å². The summed E-state index contributed by atoms with van der Waals surface area (Å²) in [5.41, 5.74) is 0.354. The molecule has 1 heterocycles. The summed E-state index contributed by atoms with van der Waals surface area (Å²) in [5.74, 6) is 0.0644. The van der Waals surface area contributed by atoms with Crippen LogP contribution in [0.2, 0.25) is 0 Å². The highest BCUT2D eigenvalue weighted by atomic mass is 32.2. The number of nitrogens with one attached hydrogen (secondary N) is 1. The Balaban J connectivity index is 1.91. The summed E-state index contributed by atoms with van der Waals surface area (Å²) in [5, 5.41) is 5.31. The van der Waals surface area contributed by atoms with Crippen LogP contribution in [0, 0.1) is 0 Å². The minimum absolute atomic E-state index is 0.0200. The third-order valence-electron chi connectivity index (χ3n) is 5.58. The van der Waals surface area contributed by atoms with E-state index >= 15 is 0 Å². The van der Waals surface area contributed by atoms with Crippen molar-refractivity contribution < 1.29 is 13.2 Å². The molecule has 1 aliphatic carbocycles. The fourth-order valence-corrected chi connectivity index (χ4v) is 5.48. The highest BCUT2D eigenvalue weighted by Crippen LogP contribution is 2.41. The van der Waals surface area contributed by atoms with Crippen molar-refractivity contribution in [1.29, 1.82) is 0 Å². The van der Waals surface area contributed by atoms with Crippen molar-refractivity contribution >= 4 is 27.1 Å². The maximum Gasteiger partial charge on any atom is 0.231 e. The van der Waals surface area contributed by atoms with Crippen LogP contribution in [0.3, 0.4) is 0 Å². The van der Waals surface area contributed by atoms with Gasteiger partial charge in [-0.25, -0.2) is 8.42 Å². The van der Waals surface area contributed by atoms with E-state index in [2.05, 4.69) is 18.3 Å². The van der Waals surface area contributed by atoms with Crippen molar-refractivity contribution in [1.82, 2.24) is 5.32 Å². The zero-order valence-corrected chi connectivity index (χ0v) is 17.5. The largest absolute Gasteiger partial charge is 0.348 e. The molecule has 0 bridgehead atoms. The van der Waals surface area contributed by atoms with Gasteiger partial charge in [-0.1, -0.05) is 44.4 Å². The van der Waals surface area contributed by atoms with Gasteiger partial charge in [-0.05, 0) is 48.4 Å². The Morgan fingerprint density at radius 3 is 2.33 bits per heavy atom. The van der Waals surface area contributed by atoms with Crippen LogP contribution < -0.4 is 5.32 Å². The predicted octanol–water partition coefficient (Wildman–Crippen LogP) is 4.62. The molecule has 0 radical (unpaired) electrons. The van der Waals surface area contributed by atoms with Gasteiger partial charge in [0.25, 0.3) is 0 Å². The molecule has 0 unspecified atom stereocenters. The van der Waals surface area contributed by atoms with Crippen LogP contribution in [0.1, 0.15) is 61.9 Å². The van der Waals surface area contributed by atoms with Crippen molar-refractivity contribution in [2.75, 3.05) is 6.26 Å². The Labute approximate surface area is 165 Å². The summed E-state index contributed by atoms with van der Waals surface area (Å²) in [4.78, 5) is 14.9. The molecule has 1 fully saturated rings. The van der Waals surface area contributed by atoms with E-state index in [9.17, 15) is 13.2 Å². The predicted molar refractivity (Wildman–Crippen MR) is 110 cm³/mol. The van der Waals surface area contributed by atoms with Crippen LogP contribution in [0.25, 0.3) is 0 Å². The summed E-state index contributed by atoms with van der Waals surface area (Å²) in [6, 6.07) is 11.0. The molecule has 1 aliphatic rings. The smallest absolute Gasteiger partial charge is 0.231 e. The molecule has 2 aromatic rings. The van der Waals surface area contributed by atoms with Gasteiger partial charge < -0.3 is 5.32 Å². The molecular weight excluding hydrogens is 378 g/mol. The normalized spacial score (nSPS) is 18.0. The van der Waals surface area contributed by atoms with Crippen LogP contribution in [-0.2, 0) is 20.0 Å². The Kier molecular flexibility index (Phi) is 6.06. The summed E-state index contributed by atoms with van der Waals surface area (Å²) >= 11 is 1.66. The lowest BCUT2D eigenvalue weighted by Crippen LogP contribution is -2.46. The summed E-state index contributed by atoms with van der Waals surface area (Å²) < 4.78 is 23.5. The summed E-state index contributed by atoms with van der Waals surface area (Å²) in [6.45, 7) is 2.08. The van der Waals surface area contributed by atoms with Crippen LogP contribution in [-0.4, -0.2) is 20.6 Å². The molecule has 1 atom stereocenters. The molecule has 1 amide bonds. The Morgan fingerprint density at radius 1 is 1.15 bits per heavy atom. The van der Waals surface area contributed by atoms with Gasteiger partial charge >= 0.3 is 0 Å². The van der Waals surface area contributed by atoms with E-state index in [1.807, 2.05) is 23.6 Å². The third kappa shape index (κ3) is 4.27. The van der Waals surface area contributed by atoms with E-state index in [1.165, 1.54) is 11.1 Å². The average molecular weight is 406 g/mol. The van der Waals surface area contributed by atoms with E-state index in [0.717, 1.165) is 44.1 Å². The summed E-state index contributed by atoms with van der Waals surface area (Å²) in [6.07, 6.45) is 6.82. The van der Waals surface area contributed by atoms with Gasteiger partial charge in [0.2, 0.25) is 5.91 Å². The maximum absolute atomic E-state index is 13.4. The van der Waals surface area contributed by atoms with E-state index < -0.39 is 15.3 Å². The molecule has 27 heavy (non-hydrogen) atoms. The van der Waals surface area contributed by atoms with E-state index in [1.54, 1.807) is 23.5 Å². The SMILES string of the molecule is CC[C@H](NC(=O)C1(c2ccc(S(C)(=O)=O)cc2)CCCCC1)c1cccs1. The van der Waals surface area contributed by atoms with Gasteiger partial charge in [0.1, 0.15) is 0 Å². The van der Waals surface area contributed by atoms with Crippen LogP contribution in [0.5, 0.6) is 0 Å². The summed E-state index contributed by atoms with van der Waals surface area (Å²) in [7, 11) is -3.24. The van der Waals surface area contributed by atoms with Gasteiger partial charge in [0, 0.05) is 11.1 Å². The second-order valence-corrected chi connectivity index (χ2v) is 10.4. The van der Waals surface area contributed by atoms with Crippen LogP contribution in [0.4, 0.5) is 0 Å². The second kappa shape index (κ2) is 8.15. The van der Waals surface area contributed by atoms with E-state index in [-0.39, 0.29) is 11.9 Å². The zero-order chi connectivity index (χ0) is 19.5. The van der Waals surface area contributed by atoms with Gasteiger partial charge in [-0.15, -0.1) is 11.3 Å². The first-order valence-corrected chi connectivity index (χ1v) is 12.3. The average Bonchev–Trinajstić information content (AvgIpc) is 3.20. The van der Waals surface area contributed by atoms with Crippen molar-refractivity contribution in [2.24, 2.45) is 0 Å². The molecule has 1 aromatic heterocycles. The van der Waals surface area contributed by atoms with Gasteiger partial charge in [-0.3, -0.25) is 4.79 Å². The number of carbonyl (C=O) groups is 1. The molecule has 1 aromatic carbocycles. The maximum atomic E-state index is 13.4. The lowest BCUT2D eigenvalue weighted by molar-refractivity contribution is -0.128. The van der Waals surface area contributed by atoms with E-state index in [4.69, 9.17) is 0 Å². The quantitative estimate of drug-likeness (QED) is 0.763. The monoisotopic (exact) mass is 405 g/mol. The number of amides is 1. The van der Waals surface area contributed by atoms with Crippen molar-refractivity contribution in [2.45, 2.75) is 61.8 Å². The van der Waals surface area contributed by atoms with Crippen molar-refractivity contribution in [3.05, 3.63) is 52.2 Å². The lowest BCUT2D eigenvalue weighted by atomic mass is 9.68. The number of thiophene rings is 1. The number of rotatable bonds is 6. The van der Waals surface area contributed by atoms with Crippen molar-refractivity contribution in [3.8, 4) is 0 Å². The minimum atomic E-state index is -3.24. The Morgan fingerprint density at radius 2 is 1.81 bits per heavy atom. The lowest BCUT2D eigenvalue weighted by Gasteiger charge is -2.37.